The first-order valence-corrected chi connectivity index (χ1v) is 5.67. The zero-order valence-electron chi connectivity index (χ0n) is 9.81. The van der Waals surface area contributed by atoms with Crippen molar-refractivity contribution in [3.63, 3.8) is 0 Å². The Morgan fingerprint density at radius 3 is 2.36 bits per heavy atom. The quantitative estimate of drug-likeness (QED) is 0.646. The fourth-order valence-corrected chi connectivity index (χ4v) is 1.42. The lowest BCUT2D eigenvalue weighted by molar-refractivity contribution is -0.119. The van der Waals surface area contributed by atoms with Gasteiger partial charge in [-0.1, -0.05) is 20.3 Å². The van der Waals surface area contributed by atoms with Gasteiger partial charge in [0.05, 0.1) is 0 Å². The Bertz CT molecular complexity index is 148. The number of hydrogen-bond donors (Lipinski definition) is 1. The second-order valence-electron chi connectivity index (χ2n) is 3.68. The zero-order valence-corrected chi connectivity index (χ0v) is 9.81. The first kappa shape index (κ1) is 13.4. The van der Waals surface area contributed by atoms with Crippen molar-refractivity contribution < 1.29 is 4.79 Å². The molecule has 0 unspecified atom stereocenters. The SMILES string of the molecule is CCCCN(CCC)CCNC(C)=O. The number of hydrogen-bond acceptors (Lipinski definition) is 2. The molecule has 0 rings (SSSR count). The van der Waals surface area contributed by atoms with E-state index in [2.05, 4.69) is 24.1 Å². The molecule has 0 saturated heterocycles. The van der Waals surface area contributed by atoms with Crippen LogP contribution in [0.1, 0.15) is 40.0 Å². The molecule has 0 aromatic carbocycles. The van der Waals surface area contributed by atoms with E-state index in [0.29, 0.717) is 0 Å². The topological polar surface area (TPSA) is 32.3 Å². The highest BCUT2D eigenvalue weighted by Gasteiger charge is 2.02. The van der Waals surface area contributed by atoms with Crippen LogP contribution in [0.4, 0.5) is 0 Å². The van der Waals surface area contributed by atoms with E-state index in [1.54, 1.807) is 6.92 Å². The van der Waals surface area contributed by atoms with Crippen molar-refractivity contribution in [1.29, 1.82) is 0 Å². The van der Waals surface area contributed by atoms with Crippen molar-refractivity contribution in [2.75, 3.05) is 26.2 Å². The van der Waals surface area contributed by atoms with Gasteiger partial charge in [0.15, 0.2) is 0 Å². The van der Waals surface area contributed by atoms with Gasteiger partial charge in [-0.15, -0.1) is 0 Å². The molecular formula is C11H24N2O. The van der Waals surface area contributed by atoms with Gasteiger partial charge in [-0.05, 0) is 25.9 Å². The summed E-state index contributed by atoms with van der Waals surface area (Å²) in [4.78, 5) is 13.1. The molecule has 1 amide bonds. The van der Waals surface area contributed by atoms with Crippen molar-refractivity contribution in [2.24, 2.45) is 0 Å². The Morgan fingerprint density at radius 1 is 1.14 bits per heavy atom. The van der Waals surface area contributed by atoms with E-state index in [4.69, 9.17) is 0 Å². The third-order valence-corrected chi connectivity index (χ3v) is 2.17. The summed E-state index contributed by atoms with van der Waals surface area (Å²) in [5.74, 6) is 0.0666. The summed E-state index contributed by atoms with van der Waals surface area (Å²) >= 11 is 0. The van der Waals surface area contributed by atoms with Crippen LogP contribution in [0.2, 0.25) is 0 Å². The molecule has 3 heteroatoms. The van der Waals surface area contributed by atoms with Crippen LogP contribution >= 0.6 is 0 Å². The van der Waals surface area contributed by atoms with Gasteiger partial charge in [0.1, 0.15) is 0 Å². The lowest BCUT2D eigenvalue weighted by atomic mass is 10.3. The molecule has 0 heterocycles. The molecule has 0 atom stereocenters. The van der Waals surface area contributed by atoms with Crippen LogP contribution in [0.25, 0.3) is 0 Å². The summed E-state index contributed by atoms with van der Waals surface area (Å²) in [6.45, 7) is 10.0. The highest BCUT2D eigenvalue weighted by molar-refractivity contribution is 5.72. The van der Waals surface area contributed by atoms with Crippen LogP contribution < -0.4 is 5.32 Å². The normalized spacial score (nSPS) is 10.6. The van der Waals surface area contributed by atoms with Crippen molar-refractivity contribution in [3.05, 3.63) is 0 Å². The number of carbonyl (C=O) groups excluding carboxylic acids is 1. The molecule has 0 fully saturated rings. The van der Waals surface area contributed by atoms with Gasteiger partial charge in [0.25, 0.3) is 0 Å². The Morgan fingerprint density at radius 2 is 1.86 bits per heavy atom. The average Bonchev–Trinajstić information content (AvgIpc) is 2.13. The first-order chi connectivity index (χ1) is 6.70. The van der Waals surface area contributed by atoms with Crippen molar-refractivity contribution in [1.82, 2.24) is 10.2 Å². The fourth-order valence-electron chi connectivity index (χ4n) is 1.42. The molecule has 1 N–H and O–H groups in total. The third-order valence-electron chi connectivity index (χ3n) is 2.17. The van der Waals surface area contributed by atoms with Gasteiger partial charge in [-0.25, -0.2) is 0 Å². The minimum atomic E-state index is 0.0666. The summed E-state index contributed by atoms with van der Waals surface area (Å²) in [5.41, 5.74) is 0. The predicted molar refractivity (Wildman–Crippen MR) is 60.3 cm³/mol. The molecule has 0 aliphatic rings. The maximum absolute atomic E-state index is 10.7. The number of carbonyl (C=O) groups is 1. The maximum Gasteiger partial charge on any atom is 0.216 e. The number of rotatable bonds is 8. The van der Waals surface area contributed by atoms with Crippen LogP contribution in [0.3, 0.4) is 0 Å². The highest BCUT2D eigenvalue weighted by atomic mass is 16.1. The Hall–Kier alpha value is -0.570. The van der Waals surface area contributed by atoms with E-state index in [0.717, 1.165) is 26.2 Å². The summed E-state index contributed by atoms with van der Waals surface area (Å²) in [6.07, 6.45) is 3.67. The Balaban J connectivity index is 3.55. The molecule has 0 aliphatic carbocycles. The minimum Gasteiger partial charge on any atom is -0.355 e. The second kappa shape index (κ2) is 9.00. The number of unbranched alkanes of at least 4 members (excludes halogenated alkanes) is 1. The molecule has 14 heavy (non-hydrogen) atoms. The lowest BCUT2D eigenvalue weighted by Crippen LogP contribution is -2.35. The zero-order chi connectivity index (χ0) is 10.8. The smallest absolute Gasteiger partial charge is 0.216 e. The minimum absolute atomic E-state index is 0.0666. The van der Waals surface area contributed by atoms with Crippen molar-refractivity contribution in [2.45, 2.75) is 40.0 Å². The van der Waals surface area contributed by atoms with Crippen LogP contribution in [-0.4, -0.2) is 37.0 Å². The fraction of sp³-hybridized carbons (Fsp3) is 0.909. The first-order valence-electron chi connectivity index (χ1n) is 5.67. The summed E-state index contributed by atoms with van der Waals surface area (Å²) < 4.78 is 0. The van der Waals surface area contributed by atoms with E-state index < -0.39 is 0 Å². The molecule has 0 aromatic heterocycles. The number of nitrogens with zero attached hydrogens (tertiary/aromatic N) is 1. The van der Waals surface area contributed by atoms with Crippen LogP contribution in [0.15, 0.2) is 0 Å². The molecule has 0 saturated carbocycles. The highest BCUT2D eigenvalue weighted by Crippen LogP contribution is 1.95. The summed E-state index contributed by atoms with van der Waals surface area (Å²) in [5, 5.41) is 2.83. The molecule has 0 aliphatic heterocycles. The summed E-state index contributed by atoms with van der Waals surface area (Å²) in [6, 6.07) is 0. The molecule has 0 aromatic rings. The van der Waals surface area contributed by atoms with Crippen LogP contribution in [0, 0.1) is 0 Å². The van der Waals surface area contributed by atoms with Crippen molar-refractivity contribution >= 4 is 5.91 Å². The van der Waals surface area contributed by atoms with E-state index in [-0.39, 0.29) is 5.91 Å². The van der Waals surface area contributed by atoms with Gasteiger partial charge in [-0.2, -0.15) is 0 Å². The third kappa shape index (κ3) is 8.05. The largest absolute Gasteiger partial charge is 0.355 e. The van der Waals surface area contributed by atoms with Gasteiger partial charge in [-0.3, -0.25) is 4.79 Å². The average molecular weight is 200 g/mol. The van der Waals surface area contributed by atoms with E-state index in [1.165, 1.54) is 19.3 Å². The van der Waals surface area contributed by atoms with E-state index in [1.807, 2.05) is 0 Å². The molecule has 3 nitrogen and oxygen atoms in total. The van der Waals surface area contributed by atoms with E-state index >= 15 is 0 Å². The van der Waals surface area contributed by atoms with Gasteiger partial charge in [0, 0.05) is 20.0 Å². The van der Waals surface area contributed by atoms with Crippen LogP contribution in [0.5, 0.6) is 0 Å². The molecule has 0 bridgehead atoms. The Labute approximate surface area is 87.9 Å². The molecule has 0 spiro atoms. The number of amides is 1. The standard InChI is InChI=1S/C11H24N2O/c1-4-6-9-13(8-5-2)10-7-12-11(3)14/h4-10H2,1-3H3,(H,12,14). The lowest BCUT2D eigenvalue weighted by Gasteiger charge is -2.21. The van der Waals surface area contributed by atoms with Gasteiger partial charge < -0.3 is 10.2 Å². The Kier molecular flexibility index (Phi) is 8.64. The summed E-state index contributed by atoms with van der Waals surface area (Å²) in [7, 11) is 0. The predicted octanol–water partition coefficient (Wildman–Crippen LogP) is 1.63. The number of nitrogens with one attached hydrogen (secondary N) is 1. The van der Waals surface area contributed by atoms with Gasteiger partial charge >= 0.3 is 0 Å². The van der Waals surface area contributed by atoms with E-state index in [9.17, 15) is 4.79 Å². The molecular weight excluding hydrogens is 176 g/mol. The van der Waals surface area contributed by atoms with Gasteiger partial charge in [0.2, 0.25) is 5.91 Å². The maximum atomic E-state index is 10.7. The monoisotopic (exact) mass is 200 g/mol. The van der Waals surface area contributed by atoms with Crippen LogP contribution in [-0.2, 0) is 4.79 Å². The molecule has 0 radical (unpaired) electrons. The van der Waals surface area contributed by atoms with Crippen molar-refractivity contribution in [3.8, 4) is 0 Å². The second-order valence-corrected chi connectivity index (χ2v) is 3.68. The molecule has 84 valence electrons.